The van der Waals surface area contributed by atoms with Crippen molar-refractivity contribution in [2.75, 3.05) is 0 Å². The van der Waals surface area contributed by atoms with Gasteiger partial charge in [-0.25, -0.2) is 0 Å². The number of aryl methyl sites for hydroxylation is 1. The van der Waals surface area contributed by atoms with Crippen LogP contribution in [0.3, 0.4) is 0 Å². The second-order valence-corrected chi connectivity index (χ2v) is 9.09. The first kappa shape index (κ1) is 13.9. The number of fused-ring (bicyclic) bond motifs is 1. The fourth-order valence-electron chi connectivity index (χ4n) is 2.73. The first-order valence-electron chi connectivity index (χ1n) is 6.93. The van der Waals surface area contributed by atoms with Gasteiger partial charge < -0.3 is 0 Å². The summed E-state index contributed by atoms with van der Waals surface area (Å²) in [7, 11) is 0. The standard InChI is InChI=1S/C18H19NTe/c1-12-10-11-14-16(15(12)18(2,3)4)20-17(19-14)13-8-6-5-7-9-13/h5-11H,1-4H3. The molecule has 1 nitrogen and oxygen atoms in total. The zero-order chi connectivity index (χ0) is 14.3. The van der Waals surface area contributed by atoms with E-state index in [-0.39, 0.29) is 25.8 Å². The van der Waals surface area contributed by atoms with Crippen LogP contribution in [0, 0.1) is 6.92 Å². The summed E-state index contributed by atoms with van der Waals surface area (Å²) in [5, 5.41) is 0. The van der Waals surface area contributed by atoms with Gasteiger partial charge in [-0.1, -0.05) is 0 Å². The van der Waals surface area contributed by atoms with Gasteiger partial charge in [0.05, 0.1) is 0 Å². The van der Waals surface area contributed by atoms with Gasteiger partial charge in [0, 0.05) is 0 Å². The summed E-state index contributed by atoms with van der Waals surface area (Å²) in [6.07, 6.45) is 0. The van der Waals surface area contributed by atoms with Crippen molar-refractivity contribution in [2.24, 2.45) is 0 Å². The summed E-state index contributed by atoms with van der Waals surface area (Å²) in [5.41, 5.74) is 5.63. The number of benzene rings is 2. The molecule has 0 aliphatic carbocycles. The van der Waals surface area contributed by atoms with E-state index < -0.39 is 0 Å². The van der Waals surface area contributed by atoms with E-state index in [1.807, 2.05) is 0 Å². The van der Waals surface area contributed by atoms with E-state index in [1.54, 1.807) is 3.40 Å². The maximum absolute atomic E-state index is 4.91. The number of aromatic nitrogens is 1. The summed E-state index contributed by atoms with van der Waals surface area (Å²) in [4.78, 5) is 4.91. The van der Waals surface area contributed by atoms with Gasteiger partial charge in [0.1, 0.15) is 0 Å². The van der Waals surface area contributed by atoms with E-state index in [9.17, 15) is 0 Å². The van der Waals surface area contributed by atoms with E-state index in [0.717, 1.165) is 0 Å². The van der Waals surface area contributed by atoms with E-state index in [2.05, 4.69) is 70.2 Å². The van der Waals surface area contributed by atoms with Crippen LogP contribution in [0.15, 0.2) is 42.5 Å². The molecule has 0 aliphatic rings. The third-order valence-corrected chi connectivity index (χ3v) is 6.78. The van der Waals surface area contributed by atoms with Crippen molar-refractivity contribution < 1.29 is 0 Å². The van der Waals surface area contributed by atoms with Gasteiger partial charge in [-0.2, -0.15) is 0 Å². The Morgan fingerprint density at radius 1 is 0.950 bits per heavy atom. The van der Waals surface area contributed by atoms with Gasteiger partial charge in [0.2, 0.25) is 0 Å². The van der Waals surface area contributed by atoms with Gasteiger partial charge in [0.15, 0.2) is 0 Å². The first-order chi connectivity index (χ1) is 9.47. The van der Waals surface area contributed by atoms with Crippen molar-refractivity contribution in [3.63, 3.8) is 0 Å². The van der Waals surface area contributed by atoms with Crippen LogP contribution in [-0.2, 0) is 5.41 Å². The third-order valence-electron chi connectivity index (χ3n) is 3.54. The van der Waals surface area contributed by atoms with Gasteiger partial charge >= 0.3 is 130 Å². The summed E-state index contributed by atoms with van der Waals surface area (Å²) in [6.45, 7) is 9.16. The van der Waals surface area contributed by atoms with Crippen molar-refractivity contribution in [1.29, 1.82) is 0 Å². The Morgan fingerprint density at radius 2 is 1.65 bits per heavy atom. The predicted molar refractivity (Wildman–Crippen MR) is 87.6 cm³/mol. The summed E-state index contributed by atoms with van der Waals surface area (Å²) in [6, 6.07) is 15.0. The van der Waals surface area contributed by atoms with Gasteiger partial charge in [-0.3, -0.25) is 0 Å². The minimum absolute atomic E-state index is 0.196. The first-order valence-corrected chi connectivity index (χ1v) is 9.26. The maximum atomic E-state index is 4.91. The van der Waals surface area contributed by atoms with Gasteiger partial charge in [0.25, 0.3) is 0 Å². The van der Waals surface area contributed by atoms with Crippen molar-refractivity contribution in [2.45, 2.75) is 33.1 Å². The summed E-state index contributed by atoms with van der Waals surface area (Å²) >= 11 is -0.382. The monoisotopic (exact) mass is 379 g/mol. The third kappa shape index (κ3) is 2.43. The number of rotatable bonds is 1. The normalized spacial score (nSPS) is 12.0. The van der Waals surface area contributed by atoms with E-state index >= 15 is 0 Å². The van der Waals surface area contributed by atoms with E-state index in [1.165, 1.54) is 25.9 Å². The van der Waals surface area contributed by atoms with Crippen LogP contribution in [0.4, 0.5) is 0 Å². The fraction of sp³-hybridized carbons (Fsp3) is 0.278. The number of nitrogens with zero attached hydrogens (tertiary/aromatic N) is 1. The molecule has 1 heterocycles. The number of hydrogen-bond acceptors (Lipinski definition) is 1. The topological polar surface area (TPSA) is 12.9 Å². The molecule has 1 aromatic heterocycles. The molecule has 0 radical (unpaired) electrons. The molecule has 2 aromatic carbocycles. The Morgan fingerprint density at radius 3 is 2.30 bits per heavy atom. The molecule has 3 rings (SSSR count). The minimum atomic E-state index is -0.382. The van der Waals surface area contributed by atoms with Crippen LogP contribution in [0.5, 0.6) is 0 Å². The van der Waals surface area contributed by atoms with Gasteiger partial charge in [-0.15, -0.1) is 0 Å². The Labute approximate surface area is 130 Å². The zero-order valence-electron chi connectivity index (χ0n) is 12.4. The Bertz CT molecular complexity index is 748. The molecule has 0 amide bonds. The molecular weight excluding hydrogens is 358 g/mol. The van der Waals surface area contributed by atoms with E-state index in [0.29, 0.717) is 0 Å². The molecule has 3 aromatic rings. The Kier molecular flexibility index (Phi) is 3.48. The SMILES string of the molecule is Cc1ccc2nc(-c3ccccc3)[te]c2c1C(C)(C)C. The average Bonchev–Trinajstić information content (AvgIpc) is 2.81. The number of hydrogen-bond donors (Lipinski definition) is 0. The molecule has 2 heteroatoms. The molecule has 0 spiro atoms. The van der Waals surface area contributed by atoms with E-state index in [4.69, 9.17) is 4.98 Å². The van der Waals surface area contributed by atoms with Crippen molar-refractivity contribution in [3.05, 3.63) is 53.6 Å². The molecule has 0 aliphatic heterocycles. The molecule has 0 N–H and O–H groups in total. The quantitative estimate of drug-likeness (QED) is 0.567. The van der Waals surface area contributed by atoms with Crippen molar-refractivity contribution >= 4 is 29.3 Å². The van der Waals surface area contributed by atoms with Crippen LogP contribution < -0.4 is 0 Å². The molecular formula is C18H19NTe. The molecule has 0 fully saturated rings. The molecule has 0 saturated heterocycles. The second-order valence-electron chi connectivity index (χ2n) is 6.24. The zero-order valence-corrected chi connectivity index (χ0v) is 14.7. The molecule has 0 atom stereocenters. The van der Waals surface area contributed by atoms with Crippen molar-refractivity contribution in [3.8, 4) is 9.27 Å². The van der Waals surface area contributed by atoms with Gasteiger partial charge in [-0.05, 0) is 0 Å². The van der Waals surface area contributed by atoms with Crippen LogP contribution in [0.25, 0.3) is 18.2 Å². The van der Waals surface area contributed by atoms with Crippen LogP contribution in [0.2, 0.25) is 0 Å². The fourth-order valence-corrected chi connectivity index (χ4v) is 6.66. The van der Waals surface area contributed by atoms with Crippen LogP contribution in [0.1, 0.15) is 31.9 Å². The predicted octanol–water partition coefficient (Wildman–Crippen LogP) is 4.56. The second kappa shape index (κ2) is 5.02. The molecule has 0 unspecified atom stereocenters. The van der Waals surface area contributed by atoms with Crippen molar-refractivity contribution in [1.82, 2.24) is 4.98 Å². The Hall–Kier alpha value is -1.10. The molecule has 20 heavy (non-hydrogen) atoms. The molecule has 0 saturated carbocycles. The Balaban J connectivity index is 2.27. The summed E-state index contributed by atoms with van der Waals surface area (Å²) in [5.74, 6) is 0. The molecule has 0 bridgehead atoms. The average molecular weight is 377 g/mol. The molecule has 102 valence electrons. The van der Waals surface area contributed by atoms with Crippen LogP contribution in [-0.4, -0.2) is 25.4 Å². The van der Waals surface area contributed by atoms with Crippen LogP contribution >= 0.6 is 0 Å². The summed E-state index contributed by atoms with van der Waals surface area (Å²) < 4.78 is 2.86.